The number of aromatic nitrogens is 2. The molecule has 5 aromatic rings. The van der Waals surface area contributed by atoms with E-state index >= 15 is 0 Å². The Morgan fingerprint density at radius 3 is 2.14 bits per heavy atom. The number of H-pyrrole nitrogens is 2. The van der Waals surface area contributed by atoms with E-state index < -0.39 is 0 Å². The third-order valence-corrected chi connectivity index (χ3v) is 9.56. The van der Waals surface area contributed by atoms with E-state index in [1.807, 2.05) is 23.9 Å². The van der Waals surface area contributed by atoms with E-state index in [0.717, 1.165) is 46.0 Å². The van der Waals surface area contributed by atoms with Gasteiger partial charge in [-0.05, 0) is 41.3 Å². The van der Waals surface area contributed by atoms with Crippen molar-refractivity contribution in [2.75, 3.05) is 22.6 Å². The lowest BCUT2D eigenvalue weighted by Gasteiger charge is -2.22. The molecule has 1 amide bonds. The van der Waals surface area contributed by atoms with Gasteiger partial charge in [0.2, 0.25) is 5.91 Å². The highest BCUT2D eigenvalue weighted by molar-refractivity contribution is 8.07. The van der Waals surface area contributed by atoms with Crippen LogP contribution in [0.25, 0.3) is 21.8 Å². The van der Waals surface area contributed by atoms with Crippen molar-refractivity contribution in [2.45, 2.75) is 17.6 Å². The molecule has 176 valence electrons. The monoisotopic (exact) mass is 497 g/mol. The van der Waals surface area contributed by atoms with Gasteiger partial charge < -0.3 is 15.3 Å². The summed E-state index contributed by atoms with van der Waals surface area (Å²) in [6, 6.07) is 25.2. The van der Waals surface area contributed by atoms with Gasteiger partial charge in [-0.25, -0.2) is 0 Å². The fraction of sp³-hybridized carbons (Fsp3) is 0.207. The average molecular weight is 498 g/mol. The van der Waals surface area contributed by atoms with Gasteiger partial charge >= 0.3 is 0 Å². The minimum absolute atomic E-state index is 0.0137. The standard InChI is InChI=1S/C29H27N3OS2/c33-29(28-18-34-13-14-35-28)32-25-10-4-1-7-19(25)15-22(23-16-30-26-11-5-2-8-20(23)26)24-17-31-27-12-6-3-9-21(24)27/h1-12,16-17,22,28,30-31H,13-15,18H2,(H,32,33). The number of hydrogen-bond donors (Lipinski definition) is 3. The van der Waals surface area contributed by atoms with Gasteiger partial charge in [0.15, 0.2) is 0 Å². The van der Waals surface area contributed by atoms with Crippen molar-refractivity contribution in [3.63, 3.8) is 0 Å². The van der Waals surface area contributed by atoms with Crippen LogP contribution in [0.1, 0.15) is 22.6 Å². The van der Waals surface area contributed by atoms with E-state index in [1.165, 1.54) is 21.9 Å². The normalized spacial score (nSPS) is 16.2. The maximum Gasteiger partial charge on any atom is 0.238 e. The second kappa shape index (κ2) is 9.88. The lowest BCUT2D eigenvalue weighted by atomic mass is 9.85. The van der Waals surface area contributed by atoms with Gasteiger partial charge in [0.1, 0.15) is 0 Å². The number of carbonyl (C=O) groups is 1. The molecule has 0 aliphatic carbocycles. The van der Waals surface area contributed by atoms with Gasteiger partial charge in [-0.3, -0.25) is 4.79 Å². The van der Waals surface area contributed by atoms with Crippen molar-refractivity contribution in [1.82, 2.24) is 9.97 Å². The second-order valence-electron chi connectivity index (χ2n) is 8.92. The van der Waals surface area contributed by atoms with Gasteiger partial charge in [0.25, 0.3) is 0 Å². The predicted octanol–water partition coefficient (Wildman–Crippen LogP) is 6.81. The maximum absolute atomic E-state index is 13.1. The highest BCUT2D eigenvalue weighted by atomic mass is 32.2. The quantitative estimate of drug-likeness (QED) is 0.241. The molecule has 0 radical (unpaired) electrons. The van der Waals surface area contributed by atoms with Gasteiger partial charge in [-0.15, -0.1) is 11.8 Å². The summed E-state index contributed by atoms with van der Waals surface area (Å²) in [5, 5.41) is 5.75. The van der Waals surface area contributed by atoms with Crippen molar-refractivity contribution in [3.8, 4) is 0 Å². The SMILES string of the molecule is O=C(Nc1ccccc1CC(c1c[nH]c2ccccc12)c1c[nH]c2ccccc12)C1CSCCS1. The molecule has 1 atom stereocenters. The van der Waals surface area contributed by atoms with Crippen molar-refractivity contribution < 1.29 is 4.79 Å². The predicted molar refractivity (Wildman–Crippen MR) is 151 cm³/mol. The molecule has 1 aliphatic rings. The number of benzene rings is 3. The van der Waals surface area contributed by atoms with E-state index in [-0.39, 0.29) is 17.1 Å². The van der Waals surface area contributed by atoms with Crippen LogP contribution in [-0.2, 0) is 11.2 Å². The molecule has 3 heterocycles. The van der Waals surface area contributed by atoms with Gasteiger partial charge in [-0.1, -0.05) is 54.6 Å². The fourth-order valence-electron chi connectivity index (χ4n) is 5.04. The van der Waals surface area contributed by atoms with E-state index in [2.05, 4.69) is 88.3 Å². The zero-order valence-corrected chi connectivity index (χ0v) is 20.9. The summed E-state index contributed by atoms with van der Waals surface area (Å²) in [5.41, 5.74) is 6.88. The van der Waals surface area contributed by atoms with Crippen LogP contribution in [0.3, 0.4) is 0 Å². The van der Waals surface area contributed by atoms with Crippen LogP contribution in [0.15, 0.2) is 85.2 Å². The Balaban J connectivity index is 1.40. The van der Waals surface area contributed by atoms with E-state index in [0.29, 0.717) is 0 Å². The van der Waals surface area contributed by atoms with Crippen LogP contribution in [0.2, 0.25) is 0 Å². The summed E-state index contributed by atoms with van der Waals surface area (Å²) in [4.78, 5) is 20.0. The molecule has 1 aliphatic heterocycles. The topological polar surface area (TPSA) is 60.7 Å². The van der Waals surface area contributed by atoms with Crippen molar-refractivity contribution in [2.24, 2.45) is 0 Å². The molecule has 35 heavy (non-hydrogen) atoms. The Bertz CT molecular complexity index is 1410. The summed E-state index contributed by atoms with van der Waals surface area (Å²) in [6.45, 7) is 0. The molecule has 2 aromatic heterocycles. The van der Waals surface area contributed by atoms with Crippen molar-refractivity contribution in [3.05, 3.63) is 102 Å². The van der Waals surface area contributed by atoms with Crippen LogP contribution in [-0.4, -0.2) is 38.4 Å². The number of aromatic amines is 2. The lowest BCUT2D eigenvalue weighted by Crippen LogP contribution is -2.30. The fourth-order valence-corrected chi connectivity index (χ4v) is 7.60. The Labute approximate surface area is 213 Å². The van der Waals surface area contributed by atoms with Gasteiger partial charge in [0, 0.05) is 63.1 Å². The first kappa shape index (κ1) is 22.4. The molecular weight excluding hydrogens is 470 g/mol. The number of amides is 1. The molecule has 3 N–H and O–H groups in total. The molecule has 3 aromatic carbocycles. The van der Waals surface area contributed by atoms with Gasteiger partial charge in [0.05, 0.1) is 5.25 Å². The van der Waals surface area contributed by atoms with Crippen LogP contribution < -0.4 is 5.32 Å². The highest BCUT2D eigenvalue weighted by Crippen LogP contribution is 2.38. The summed E-state index contributed by atoms with van der Waals surface area (Å²) in [6.07, 6.45) is 5.08. The zero-order valence-electron chi connectivity index (χ0n) is 19.3. The molecule has 0 spiro atoms. The maximum atomic E-state index is 13.1. The Morgan fingerprint density at radius 2 is 1.49 bits per heavy atom. The molecule has 1 saturated heterocycles. The summed E-state index contributed by atoms with van der Waals surface area (Å²) in [7, 11) is 0. The summed E-state index contributed by atoms with van der Waals surface area (Å²) >= 11 is 3.63. The number of para-hydroxylation sites is 3. The number of hydrogen-bond acceptors (Lipinski definition) is 3. The largest absolute Gasteiger partial charge is 0.361 e. The molecule has 6 rings (SSSR count). The van der Waals surface area contributed by atoms with Crippen LogP contribution in [0, 0.1) is 0 Å². The number of nitrogens with one attached hydrogen (secondary N) is 3. The Kier molecular flexibility index (Phi) is 6.32. The molecule has 0 bridgehead atoms. The van der Waals surface area contributed by atoms with Gasteiger partial charge in [-0.2, -0.15) is 11.8 Å². The first-order chi connectivity index (χ1) is 17.3. The van der Waals surface area contributed by atoms with Crippen LogP contribution >= 0.6 is 23.5 Å². The van der Waals surface area contributed by atoms with Crippen LogP contribution in [0.5, 0.6) is 0 Å². The number of thioether (sulfide) groups is 2. The molecule has 6 heteroatoms. The van der Waals surface area contributed by atoms with Crippen LogP contribution in [0.4, 0.5) is 5.69 Å². The number of rotatable bonds is 6. The zero-order chi connectivity index (χ0) is 23.6. The van der Waals surface area contributed by atoms with E-state index in [9.17, 15) is 4.79 Å². The first-order valence-corrected chi connectivity index (χ1v) is 14.2. The third-order valence-electron chi connectivity index (χ3n) is 6.80. The molecule has 1 unspecified atom stereocenters. The second-order valence-corrected chi connectivity index (χ2v) is 11.4. The van der Waals surface area contributed by atoms with E-state index in [1.54, 1.807) is 11.8 Å². The summed E-state index contributed by atoms with van der Waals surface area (Å²) < 4.78 is 0. The minimum atomic E-state index is 0.0137. The summed E-state index contributed by atoms with van der Waals surface area (Å²) in [5.74, 6) is 3.28. The van der Waals surface area contributed by atoms with Crippen molar-refractivity contribution in [1.29, 1.82) is 0 Å². The number of fused-ring (bicyclic) bond motifs is 2. The number of carbonyl (C=O) groups excluding carboxylic acids is 1. The Morgan fingerprint density at radius 1 is 0.857 bits per heavy atom. The molecule has 0 saturated carbocycles. The minimum Gasteiger partial charge on any atom is -0.361 e. The lowest BCUT2D eigenvalue weighted by molar-refractivity contribution is -0.115. The highest BCUT2D eigenvalue weighted by Gasteiger charge is 2.25. The first-order valence-electron chi connectivity index (χ1n) is 12.0. The third kappa shape index (κ3) is 4.48. The van der Waals surface area contributed by atoms with E-state index in [4.69, 9.17) is 0 Å². The average Bonchev–Trinajstić information content (AvgIpc) is 3.53. The smallest absolute Gasteiger partial charge is 0.238 e. The molecular formula is C29H27N3OS2. The van der Waals surface area contributed by atoms with Crippen molar-refractivity contribution >= 4 is 56.9 Å². The molecule has 4 nitrogen and oxygen atoms in total. The molecule has 1 fully saturated rings. The number of anilines is 1. The Hall–Kier alpha value is -3.09.